The number of fused-ring (bicyclic) bond motifs is 1. The Morgan fingerprint density at radius 1 is 1.07 bits per heavy atom. The Kier molecular flexibility index (Phi) is 5.40. The van der Waals surface area contributed by atoms with E-state index in [1.807, 2.05) is 36.4 Å². The van der Waals surface area contributed by atoms with Gasteiger partial charge in [0.25, 0.3) is 5.56 Å². The van der Waals surface area contributed by atoms with Crippen LogP contribution in [0.5, 0.6) is 0 Å². The molecule has 9 heteroatoms. The number of rotatable bonds is 2. The zero-order chi connectivity index (χ0) is 21.4. The monoisotopic (exact) mass is 444 g/mol. The Morgan fingerprint density at radius 2 is 1.80 bits per heavy atom. The molecule has 0 saturated carbocycles. The molecule has 4 rings (SSSR count). The molecule has 1 aromatic heterocycles. The first-order valence-corrected chi connectivity index (χ1v) is 10.1. The van der Waals surface area contributed by atoms with Crippen molar-refractivity contribution >= 4 is 34.9 Å². The highest BCUT2D eigenvalue weighted by atomic mass is 35.5. The molecule has 0 aliphatic heterocycles. The van der Waals surface area contributed by atoms with Crippen LogP contribution in [0.25, 0.3) is 0 Å². The summed E-state index contributed by atoms with van der Waals surface area (Å²) in [6.07, 6.45) is 2.43. The predicted octanol–water partition coefficient (Wildman–Crippen LogP) is 3.65. The Labute approximate surface area is 181 Å². The molecule has 0 saturated heterocycles. The molecule has 1 aliphatic carbocycles. The molecule has 3 aromatic rings. The normalized spacial score (nSPS) is 17.9. The second-order valence-electron chi connectivity index (χ2n) is 7.12. The Bertz CT molecular complexity index is 1250. The zero-order valence-electron chi connectivity index (χ0n) is 15.7. The topological polar surface area (TPSA) is 110 Å². The maximum atomic E-state index is 12.7. The van der Waals surface area contributed by atoms with Crippen LogP contribution in [0.15, 0.2) is 58.3 Å². The van der Waals surface area contributed by atoms with Gasteiger partial charge in [-0.2, -0.15) is 4.57 Å². The van der Waals surface area contributed by atoms with Gasteiger partial charge in [0.05, 0.1) is 16.1 Å². The first kappa shape index (κ1) is 20.3. The van der Waals surface area contributed by atoms with Crippen LogP contribution in [-0.2, 0) is 0 Å². The lowest BCUT2D eigenvalue weighted by Gasteiger charge is -2.32. The fourth-order valence-corrected chi connectivity index (χ4v) is 4.21. The smallest absolute Gasteiger partial charge is 0.336 e. The van der Waals surface area contributed by atoms with Gasteiger partial charge in [0.1, 0.15) is 5.69 Å². The molecule has 2 atom stereocenters. The Balaban J connectivity index is 1.67. The highest BCUT2D eigenvalue weighted by molar-refractivity contribution is 6.42. The lowest BCUT2D eigenvalue weighted by Crippen LogP contribution is -2.47. The van der Waals surface area contributed by atoms with E-state index >= 15 is 0 Å². The van der Waals surface area contributed by atoms with E-state index in [-0.39, 0.29) is 17.6 Å². The SMILES string of the molecule is Nc1c[nH]c(=O)n(C(=O)N[C@@H]2CCC(c3ccc(Cl)c(Cl)c3)c3ccccc32)c1=O. The fourth-order valence-electron chi connectivity index (χ4n) is 3.90. The summed E-state index contributed by atoms with van der Waals surface area (Å²) in [5.41, 5.74) is 6.62. The molecule has 2 aromatic carbocycles. The fraction of sp³-hybridized carbons (Fsp3) is 0.190. The molecule has 1 unspecified atom stereocenters. The number of carbonyl (C=O) groups is 1. The first-order valence-electron chi connectivity index (χ1n) is 9.31. The number of nitrogens with two attached hydrogens (primary N) is 1. The summed E-state index contributed by atoms with van der Waals surface area (Å²) in [6.45, 7) is 0. The number of hydrogen-bond acceptors (Lipinski definition) is 4. The van der Waals surface area contributed by atoms with Crippen LogP contribution in [0.2, 0.25) is 10.0 Å². The van der Waals surface area contributed by atoms with Crippen molar-refractivity contribution in [3.8, 4) is 0 Å². The van der Waals surface area contributed by atoms with E-state index in [2.05, 4.69) is 10.3 Å². The number of halogens is 2. The van der Waals surface area contributed by atoms with Crippen molar-refractivity contribution in [2.45, 2.75) is 24.8 Å². The minimum absolute atomic E-state index is 0.0858. The van der Waals surface area contributed by atoms with E-state index < -0.39 is 17.3 Å². The number of anilines is 1. The number of hydrogen-bond donors (Lipinski definition) is 3. The highest BCUT2D eigenvalue weighted by Crippen LogP contribution is 2.42. The van der Waals surface area contributed by atoms with E-state index in [0.29, 0.717) is 21.0 Å². The first-order chi connectivity index (χ1) is 14.4. The quantitative estimate of drug-likeness (QED) is 0.559. The molecule has 1 aliphatic rings. The second-order valence-corrected chi connectivity index (χ2v) is 7.94. The average molecular weight is 445 g/mol. The lowest BCUT2D eigenvalue weighted by molar-refractivity contribution is 0.235. The van der Waals surface area contributed by atoms with Crippen molar-refractivity contribution in [1.82, 2.24) is 14.9 Å². The summed E-state index contributed by atoms with van der Waals surface area (Å²) in [5.74, 6) is 0.0858. The summed E-state index contributed by atoms with van der Waals surface area (Å²) in [7, 11) is 0. The number of H-pyrrole nitrogens is 1. The molecule has 4 N–H and O–H groups in total. The van der Waals surface area contributed by atoms with Crippen molar-refractivity contribution < 1.29 is 4.79 Å². The van der Waals surface area contributed by atoms with Gasteiger partial charge in [-0.1, -0.05) is 53.5 Å². The van der Waals surface area contributed by atoms with Gasteiger partial charge in [0.15, 0.2) is 0 Å². The van der Waals surface area contributed by atoms with Crippen LogP contribution in [0.3, 0.4) is 0 Å². The zero-order valence-corrected chi connectivity index (χ0v) is 17.2. The Hall–Kier alpha value is -3.03. The van der Waals surface area contributed by atoms with Gasteiger partial charge in [-0.15, -0.1) is 0 Å². The van der Waals surface area contributed by atoms with Gasteiger partial charge in [-0.05, 0) is 41.7 Å². The summed E-state index contributed by atoms with van der Waals surface area (Å²) >= 11 is 12.3. The van der Waals surface area contributed by atoms with Crippen LogP contribution >= 0.6 is 23.2 Å². The summed E-state index contributed by atoms with van der Waals surface area (Å²) < 4.78 is 0.475. The third-order valence-corrected chi connectivity index (χ3v) is 6.08. The number of benzene rings is 2. The largest absolute Gasteiger partial charge is 0.393 e. The van der Waals surface area contributed by atoms with Crippen LogP contribution in [0.1, 0.15) is 41.5 Å². The molecule has 30 heavy (non-hydrogen) atoms. The lowest BCUT2D eigenvalue weighted by atomic mass is 9.77. The van der Waals surface area contributed by atoms with Gasteiger partial charge >= 0.3 is 11.7 Å². The van der Waals surface area contributed by atoms with E-state index in [4.69, 9.17) is 28.9 Å². The molecular weight excluding hydrogens is 427 g/mol. The molecule has 0 bridgehead atoms. The third kappa shape index (κ3) is 3.62. The average Bonchev–Trinajstić information content (AvgIpc) is 2.73. The van der Waals surface area contributed by atoms with E-state index in [1.165, 1.54) is 0 Å². The number of nitrogens with zero attached hydrogens (tertiary/aromatic N) is 1. The molecule has 1 heterocycles. The van der Waals surface area contributed by atoms with E-state index in [9.17, 15) is 14.4 Å². The number of amides is 1. The van der Waals surface area contributed by atoms with E-state index in [1.54, 1.807) is 6.07 Å². The minimum Gasteiger partial charge on any atom is -0.393 e. The number of aromatic nitrogens is 2. The van der Waals surface area contributed by atoms with Gasteiger partial charge in [-0.25, -0.2) is 9.59 Å². The summed E-state index contributed by atoms with van der Waals surface area (Å²) in [4.78, 5) is 39.1. The molecule has 154 valence electrons. The number of nitrogens with one attached hydrogen (secondary N) is 2. The van der Waals surface area contributed by atoms with Gasteiger partial charge < -0.3 is 16.0 Å². The second kappa shape index (κ2) is 8.01. The third-order valence-electron chi connectivity index (χ3n) is 5.34. The standard InChI is InChI=1S/C21H18Cl2N4O3/c22-15-7-5-11(9-16(15)23)12-6-8-18(14-4-2-1-3-13(12)14)26-21(30)27-19(28)17(24)10-25-20(27)29/h1-5,7,9-10,12,18H,6,8,24H2,(H,25,29)(H,26,30)/t12?,18-/m1/s1. The van der Waals surface area contributed by atoms with Crippen molar-refractivity contribution in [2.24, 2.45) is 0 Å². The summed E-state index contributed by atoms with van der Waals surface area (Å²) in [6, 6.07) is 12.1. The predicted molar refractivity (Wildman–Crippen MR) is 116 cm³/mol. The minimum atomic E-state index is -0.853. The molecule has 0 fully saturated rings. The maximum absolute atomic E-state index is 12.7. The molecule has 0 spiro atoms. The highest BCUT2D eigenvalue weighted by Gasteiger charge is 2.30. The van der Waals surface area contributed by atoms with Crippen LogP contribution in [0.4, 0.5) is 10.5 Å². The Morgan fingerprint density at radius 3 is 2.53 bits per heavy atom. The van der Waals surface area contributed by atoms with Crippen molar-refractivity contribution in [3.05, 3.63) is 96.2 Å². The molecule has 0 radical (unpaired) electrons. The van der Waals surface area contributed by atoms with Gasteiger partial charge in [-0.3, -0.25) is 4.79 Å². The molecular formula is C21H18Cl2N4O3. The van der Waals surface area contributed by atoms with Crippen molar-refractivity contribution in [2.75, 3.05) is 5.73 Å². The van der Waals surface area contributed by atoms with Crippen LogP contribution in [0, 0.1) is 0 Å². The van der Waals surface area contributed by atoms with Crippen LogP contribution < -0.4 is 22.3 Å². The summed E-state index contributed by atoms with van der Waals surface area (Å²) in [5, 5.41) is 3.78. The van der Waals surface area contributed by atoms with Crippen LogP contribution in [-0.4, -0.2) is 15.6 Å². The number of carbonyl (C=O) groups excluding carboxylic acids is 1. The number of nitrogen functional groups attached to an aromatic ring is 1. The van der Waals surface area contributed by atoms with Gasteiger partial charge in [0, 0.05) is 12.1 Å². The van der Waals surface area contributed by atoms with Gasteiger partial charge in [0.2, 0.25) is 0 Å². The molecule has 1 amide bonds. The van der Waals surface area contributed by atoms with Crippen molar-refractivity contribution in [3.63, 3.8) is 0 Å². The maximum Gasteiger partial charge on any atom is 0.336 e. The number of aromatic amines is 1. The van der Waals surface area contributed by atoms with Crippen molar-refractivity contribution in [1.29, 1.82) is 0 Å². The molecule has 7 nitrogen and oxygen atoms in total. The van der Waals surface area contributed by atoms with E-state index in [0.717, 1.165) is 29.3 Å².